The summed E-state index contributed by atoms with van der Waals surface area (Å²) in [6.07, 6.45) is 0. The zero-order valence-corrected chi connectivity index (χ0v) is 19.3. The molecule has 1 aliphatic rings. The van der Waals surface area contributed by atoms with Gasteiger partial charge in [-0.2, -0.15) is 4.68 Å². The van der Waals surface area contributed by atoms with Crippen molar-refractivity contribution in [2.24, 2.45) is 0 Å². The van der Waals surface area contributed by atoms with Crippen molar-refractivity contribution >= 4 is 17.5 Å². The normalized spacial score (nSPS) is 14.6. The fourth-order valence-electron chi connectivity index (χ4n) is 4.04. The lowest BCUT2D eigenvalue weighted by atomic mass is 9.95. The number of hydrogen-bond acceptors (Lipinski definition) is 7. The molecule has 9 nitrogen and oxygen atoms in total. The molecule has 1 atom stereocenters. The number of methoxy groups -OCH3 is 1. The number of allylic oxidation sites excluding steroid dienone is 1. The Hall–Kier alpha value is -4.66. The number of benzene rings is 3. The molecule has 0 aliphatic carbocycles. The molecule has 0 bridgehead atoms. The summed E-state index contributed by atoms with van der Waals surface area (Å²) in [5.74, 6) is 1.48. The van der Waals surface area contributed by atoms with Crippen molar-refractivity contribution in [2.45, 2.75) is 19.6 Å². The van der Waals surface area contributed by atoms with E-state index in [2.05, 4.69) is 26.2 Å². The molecule has 1 aliphatic heterocycles. The third-order valence-corrected chi connectivity index (χ3v) is 5.76. The van der Waals surface area contributed by atoms with Crippen molar-refractivity contribution in [1.29, 1.82) is 0 Å². The van der Waals surface area contributed by atoms with E-state index in [1.54, 1.807) is 23.9 Å². The molecule has 0 unspecified atom stereocenters. The Labute approximate surface area is 202 Å². The van der Waals surface area contributed by atoms with E-state index in [-0.39, 0.29) is 5.91 Å². The van der Waals surface area contributed by atoms with Crippen molar-refractivity contribution in [3.8, 4) is 11.5 Å². The summed E-state index contributed by atoms with van der Waals surface area (Å²) in [7, 11) is 1.56. The molecule has 35 heavy (non-hydrogen) atoms. The molecular weight excluding hydrogens is 444 g/mol. The van der Waals surface area contributed by atoms with E-state index in [0.717, 1.165) is 16.9 Å². The minimum atomic E-state index is -0.529. The standard InChI is InChI=1S/C26H24N6O3/c1-17-23(25(33)28-21-10-6-7-11-22(21)34-2)24(32-26(27-17)29-30-31-32)19-12-14-20(15-13-19)35-16-18-8-4-3-5-9-18/h3-15,24H,16H2,1-2H3,(H,28,33)(H,27,29,31)/t24-/m0/s1. The number of carbonyl (C=O) groups excluding carboxylic acids is 1. The molecule has 4 aromatic rings. The van der Waals surface area contributed by atoms with Crippen LogP contribution in [-0.2, 0) is 11.4 Å². The maximum absolute atomic E-state index is 13.5. The largest absolute Gasteiger partial charge is 0.495 e. The molecule has 0 saturated heterocycles. The molecule has 176 valence electrons. The van der Waals surface area contributed by atoms with E-state index in [1.165, 1.54) is 0 Å². The van der Waals surface area contributed by atoms with Gasteiger partial charge in [-0.1, -0.05) is 59.7 Å². The Morgan fingerprint density at radius 3 is 2.54 bits per heavy atom. The van der Waals surface area contributed by atoms with Gasteiger partial charge in [-0.3, -0.25) is 4.79 Å². The van der Waals surface area contributed by atoms with E-state index in [0.29, 0.717) is 35.3 Å². The number of para-hydroxylation sites is 2. The Bertz CT molecular complexity index is 1370. The molecule has 2 N–H and O–H groups in total. The Balaban J connectivity index is 1.43. The Kier molecular flexibility index (Phi) is 6.13. The van der Waals surface area contributed by atoms with E-state index in [4.69, 9.17) is 9.47 Å². The topological polar surface area (TPSA) is 103 Å². The maximum Gasteiger partial charge on any atom is 0.255 e. The summed E-state index contributed by atoms with van der Waals surface area (Å²) >= 11 is 0. The van der Waals surface area contributed by atoms with Gasteiger partial charge >= 0.3 is 0 Å². The van der Waals surface area contributed by atoms with Gasteiger partial charge in [0.1, 0.15) is 24.1 Å². The zero-order valence-electron chi connectivity index (χ0n) is 19.3. The fraction of sp³-hybridized carbons (Fsp3) is 0.154. The Morgan fingerprint density at radius 2 is 1.77 bits per heavy atom. The summed E-state index contributed by atoms with van der Waals surface area (Å²) in [5.41, 5.74) is 3.66. The molecule has 9 heteroatoms. The summed E-state index contributed by atoms with van der Waals surface area (Å²) in [6.45, 7) is 2.30. The van der Waals surface area contributed by atoms with Crippen LogP contribution in [0.4, 0.5) is 11.6 Å². The summed E-state index contributed by atoms with van der Waals surface area (Å²) in [6, 6.07) is 24.3. The van der Waals surface area contributed by atoms with Gasteiger partial charge in [-0.15, -0.1) is 0 Å². The van der Waals surface area contributed by atoms with Gasteiger partial charge < -0.3 is 20.1 Å². The minimum absolute atomic E-state index is 0.282. The second-order valence-corrected chi connectivity index (χ2v) is 8.01. The van der Waals surface area contributed by atoms with E-state index in [9.17, 15) is 4.79 Å². The highest BCUT2D eigenvalue weighted by Crippen LogP contribution is 2.36. The van der Waals surface area contributed by atoms with Crippen LogP contribution in [0.5, 0.6) is 11.5 Å². The van der Waals surface area contributed by atoms with Gasteiger partial charge in [0.05, 0.1) is 18.4 Å². The molecule has 0 saturated carbocycles. The Morgan fingerprint density at radius 1 is 1.03 bits per heavy atom. The number of carbonyl (C=O) groups is 1. The first-order valence-electron chi connectivity index (χ1n) is 11.1. The lowest BCUT2D eigenvalue weighted by Crippen LogP contribution is -2.31. The number of nitrogens with one attached hydrogen (secondary N) is 2. The molecule has 5 rings (SSSR count). The van der Waals surface area contributed by atoms with Gasteiger partial charge in [0.25, 0.3) is 5.91 Å². The number of fused-ring (bicyclic) bond motifs is 1. The van der Waals surface area contributed by atoms with Gasteiger partial charge in [0.15, 0.2) is 0 Å². The predicted octanol–water partition coefficient (Wildman–Crippen LogP) is 4.19. The smallest absolute Gasteiger partial charge is 0.255 e. The third kappa shape index (κ3) is 4.56. The van der Waals surface area contributed by atoms with Crippen molar-refractivity contribution in [1.82, 2.24) is 20.2 Å². The second-order valence-electron chi connectivity index (χ2n) is 8.01. The molecular formula is C26H24N6O3. The first-order valence-corrected chi connectivity index (χ1v) is 11.1. The van der Waals surface area contributed by atoms with Crippen molar-refractivity contribution in [2.75, 3.05) is 17.7 Å². The van der Waals surface area contributed by atoms with E-state index < -0.39 is 6.04 Å². The fourth-order valence-corrected chi connectivity index (χ4v) is 4.04. The van der Waals surface area contributed by atoms with Crippen molar-refractivity contribution < 1.29 is 14.3 Å². The lowest BCUT2D eigenvalue weighted by Gasteiger charge is -2.28. The highest BCUT2D eigenvalue weighted by molar-refractivity contribution is 6.06. The van der Waals surface area contributed by atoms with Crippen LogP contribution in [0.3, 0.4) is 0 Å². The zero-order chi connectivity index (χ0) is 24.2. The predicted molar refractivity (Wildman–Crippen MR) is 131 cm³/mol. The highest BCUT2D eigenvalue weighted by atomic mass is 16.5. The number of aromatic nitrogens is 4. The maximum atomic E-state index is 13.5. The first-order chi connectivity index (χ1) is 17.1. The highest BCUT2D eigenvalue weighted by Gasteiger charge is 2.34. The molecule has 0 radical (unpaired) electrons. The number of hydrogen-bond donors (Lipinski definition) is 2. The molecule has 0 spiro atoms. The third-order valence-electron chi connectivity index (χ3n) is 5.76. The number of nitrogens with zero attached hydrogens (tertiary/aromatic N) is 4. The quantitative estimate of drug-likeness (QED) is 0.419. The van der Waals surface area contributed by atoms with Gasteiger partial charge in [0.2, 0.25) is 5.95 Å². The van der Waals surface area contributed by atoms with Crippen LogP contribution in [0, 0.1) is 0 Å². The van der Waals surface area contributed by atoms with Crippen LogP contribution in [0.15, 0.2) is 90.1 Å². The van der Waals surface area contributed by atoms with Crippen LogP contribution in [0.25, 0.3) is 0 Å². The van der Waals surface area contributed by atoms with E-state index >= 15 is 0 Å². The number of amides is 1. The van der Waals surface area contributed by atoms with Gasteiger partial charge in [-0.05, 0) is 52.7 Å². The van der Waals surface area contributed by atoms with Crippen LogP contribution in [0.1, 0.15) is 24.1 Å². The SMILES string of the molecule is COc1ccccc1NC(=O)C1=C(C)Nc2nnnn2[C@H]1c1ccc(OCc2ccccc2)cc1. The number of ether oxygens (including phenoxy) is 2. The van der Waals surface area contributed by atoms with Crippen LogP contribution >= 0.6 is 0 Å². The number of rotatable bonds is 7. The molecule has 3 aromatic carbocycles. The van der Waals surface area contributed by atoms with Crippen molar-refractivity contribution in [3.05, 3.63) is 101 Å². The van der Waals surface area contributed by atoms with Crippen molar-refractivity contribution in [3.63, 3.8) is 0 Å². The average Bonchev–Trinajstić information content (AvgIpc) is 3.36. The molecule has 1 amide bonds. The van der Waals surface area contributed by atoms with Gasteiger partial charge in [-0.25, -0.2) is 0 Å². The van der Waals surface area contributed by atoms with Crippen LogP contribution < -0.4 is 20.1 Å². The summed E-state index contributed by atoms with van der Waals surface area (Å²) in [5, 5.41) is 18.1. The van der Waals surface area contributed by atoms with Gasteiger partial charge in [0, 0.05) is 5.70 Å². The second kappa shape index (κ2) is 9.68. The average molecular weight is 469 g/mol. The minimum Gasteiger partial charge on any atom is -0.495 e. The number of anilines is 2. The van der Waals surface area contributed by atoms with Crippen LogP contribution in [-0.4, -0.2) is 33.2 Å². The molecule has 0 fully saturated rings. The number of tetrazole rings is 1. The monoisotopic (exact) mass is 468 g/mol. The molecule has 1 aromatic heterocycles. The summed E-state index contributed by atoms with van der Waals surface area (Å²) in [4.78, 5) is 13.5. The first kappa shape index (κ1) is 22.1. The lowest BCUT2D eigenvalue weighted by molar-refractivity contribution is -0.113. The van der Waals surface area contributed by atoms with E-state index in [1.807, 2.05) is 73.7 Å². The molecule has 2 heterocycles. The van der Waals surface area contributed by atoms with Crippen LogP contribution in [0.2, 0.25) is 0 Å². The summed E-state index contributed by atoms with van der Waals surface area (Å²) < 4.78 is 12.9.